The average molecular weight is 532 g/mol. The zero-order chi connectivity index (χ0) is 23.6. The molecule has 0 fully saturated rings. The topological polar surface area (TPSA) is 9.23 Å². The van der Waals surface area contributed by atoms with Gasteiger partial charge in [-0.15, -0.1) is 0 Å². The Labute approximate surface area is 214 Å². The molecule has 0 unspecified atom stereocenters. The third-order valence-corrected chi connectivity index (χ3v) is 9.05. The van der Waals surface area contributed by atoms with Gasteiger partial charge in [-0.05, 0) is 25.0 Å². The van der Waals surface area contributed by atoms with Gasteiger partial charge >= 0.3 is 79.1 Å². The van der Waals surface area contributed by atoms with E-state index in [1.165, 1.54) is 24.0 Å². The fraction of sp³-hybridized carbons (Fsp3) is 0.200. The molecule has 0 saturated carbocycles. The third kappa shape index (κ3) is 13.3. The van der Waals surface area contributed by atoms with E-state index in [0.29, 0.717) is 6.10 Å². The summed E-state index contributed by atoms with van der Waals surface area (Å²) in [6.45, 7) is 6.27. The first-order valence-corrected chi connectivity index (χ1v) is 16.2. The molecule has 33 heavy (non-hydrogen) atoms. The van der Waals surface area contributed by atoms with Crippen molar-refractivity contribution < 1.29 is 27.7 Å². The van der Waals surface area contributed by atoms with Gasteiger partial charge in [-0.25, -0.2) is 0 Å². The first-order valence-electron chi connectivity index (χ1n) is 11.7. The molecule has 4 rings (SSSR count). The van der Waals surface area contributed by atoms with Crippen LogP contribution in [0.25, 0.3) is 12.2 Å². The minimum absolute atomic E-state index is 0.133. The number of allylic oxidation sites excluding steroid dienone is 10. The molecule has 0 saturated heterocycles. The van der Waals surface area contributed by atoms with Crippen molar-refractivity contribution in [3.63, 3.8) is 0 Å². The van der Waals surface area contributed by atoms with Crippen molar-refractivity contribution >= 4 is 21.9 Å². The molecule has 0 aromatic heterocycles. The van der Waals surface area contributed by atoms with Gasteiger partial charge in [0, 0.05) is 6.10 Å². The van der Waals surface area contributed by atoms with Gasteiger partial charge in [0.1, 0.15) is 0 Å². The molecule has 3 heteroatoms. The number of hydrogen-bond donors (Lipinski definition) is 0. The summed E-state index contributed by atoms with van der Waals surface area (Å²) < 4.78 is 8.63. The first-order chi connectivity index (χ1) is 16.2. The molecule has 2 aromatic carbocycles. The van der Waals surface area contributed by atoms with Crippen molar-refractivity contribution in [3.05, 3.63) is 127 Å². The van der Waals surface area contributed by atoms with Gasteiger partial charge in [-0.2, -0.15) is 0 Å². The molecule has 0 heterocycles. The Morgan fingerprint density at radius 3 is 1.52 bits per heavy atom. The van der Waals surface area contributed by atoms with E-state index < -0.39 is 0 Å². The van der Waals surface area contributed by atoms with Crippen LogP contribution in [-0.2, 0) is 27.7 Å². The molecule has 0 spiro atoms. The summed E-state index contributed by atoms with van der Waals surface area (Å²) in [7, 11) is -0.133. The van der Waals surface area contributed by atoms with Crippen LogP contribution in [0, 0.1) is 0 Å². The summed E-state index contributed by atoms with van der Waals surface area (Å²) in [5, 5.41) is 0. The normalized spacial score (nSPS) is 14.4. The Morgan fingerprint density at radius 2 is 1.21 bits per heavy atom. The Hall–Kier alpha value is -2.06. The molecule has 0 radical (unpaired) electrons. The van der Waals surface area contributed by atoms with Crippen molar-refractivity contribution in [2.24, 2.45) is 0 Å². The van der Waals surface area contributed by atoms with Crippen molar-refractivity contribution in [1.82, 2.24) is 0 Å². The zero-order valence-electron chi connectivity index (χ0n) is 20.2. The minimum atomic E-state index is -0.312. The molecule has 0 bridgehead atoms. The van der Waals surface area contributed by atoms with Gasteiger partial charge in [0.05, 0.1) is 0 Å². The summed E-state index contributed by atoms with van der Waals surface area (Å²) in [6, 6.07) is 20.6. The summed E-state index contributed by atoms with van der Waals surface area (Å²) in [5.74, 6) is 0. The van der Waals surface area contributed by atoms with Crippen LogP contribution in [0.3, 0.4) is 0 Å². The van der Waals surface area contributed by atoms with Crippen molar-refractivity contribution in [2.75, 3.05) is 0 Å². The molecule has 2 aliphatic rings. The molecule has 1 nitrogen and oxygen atoms in total. The Kier molecular flexibility index (Phi) is 14.4. The van der Waals surface area contributed by atoms with Gasteiger partial charge in [-0.3, -0.25) is 0 Å². The summed E-state index contributed by atoms with van der Waals surface area (Å²) in [5.41, 5.74) is 2.44. The third-order valence-electron chi connectivity index (χ3n) is 4.65. The van der Waals surface area contributed by atoms with E-state index in [1.54, 1.807) is 6.56 Å². The molecule has 2 aliphatic carbocycles. The molecule has 0 N–H and O–H groups in total. The van der Waals surface area contributed by atoms with Crippen LogP contribution in [0.15, 0.2) is 116 Å². The van der Waals surface area contributed by atoms with Gasteiger partial charge in [0.15, 0.2) is 9.76 Å². The van der Waals surface area contributed by atoms with Crippen LogP contribution in [0.4, 0.5) is 0 Å². The number of hydrogen-bond acceptors (Lipinski definition) is 1. The standard InChI is InChI=1S/C16H14.2C5H5.C4H12OSi.Zr/c1-3-9-15(10-4-1)13-7-8-14-16-11-5-2-6-12-16;2*1-2-4-5-3-1;1-4(2)5-6-3;/h1-14H;2*1-3H,4H2;4H,6H2,1-3H3;. The molecular formula is C30H36OSiZr. The smallest absolute Gasteiger partial charge is 0.158 e. The van der Waals surface area contributed by atoms with Crippen molar-refractivity contribution in [1.29, 1.82) is 0 Å². The fourth-order valence-corrected chi connectivity index (χ4v) is 6.73. The van der Waals surface area contributed by atoms with E-state index in [2.05, 4.69) is 105 Å². The van der Waals surface area contributed by atoms with E-state index in [4.69, 9.17) is 4.43 Å². The molecule has 170 valence electrons. The van der Waals surface area contributed by atoms with E-state index in [1.807, 2.05) is 36.4 Å². The van der Waals surface area contributed by atoms with Gasteiger partial charge < -0.3 is 4.43 Å². The first kappa shape index (κ1) is 27.2. The Balaban J connectivity index is 0.000000196. The Bertz CT molecular complexity index is 891. The van der Waals surface area contributed by atoms with Crippen LogP contribution in [0.5, 0.6) is 0 Å². The Morgan fingerprint density at radius 1 is 0.758 bits per heavy atom. The monoisotopic (exact) mass is 530 g/mol. The van der Waals surface area contributed by atoms with Crippen LogP contribution >= 0.6 is 0 Å². The maximum atomic E-state index is 5.18. The second-order valence-electron chi connectivity index (χ2n) is 7.82. The fourth-order valence-electron chi connectivity index (χ4n) is 3.08. The van der Waals surface area contributed by atoms with E-state index in [-0.39, 0.29) is 33.0 Å². The van der Waals surface area contributed by atoms with Crippen molar-refractivity contribution in [2.45, 2.75) is 39.3 Å². The quantitative estimate of drug-likeness (QED) is 0.263. The summed E-state index contributed by atoms with van der Waals surface area (Å²) in [4.78, 5) is 0. The van der Waals surface area contributed by atoms with Gasteiger partial charge in [0.25, 0.3) is 0 Å². The number of benzene rings is 2. The molecule has 0 atom stereocenters. The van der Waals surface area contributed by atoms with Crippen LogP contribution < -0.4 is 0 Å². The second kappa shape index (κ2) is 17.4. The maximum absolute atomic E-state index is 5.18. The molecule has 0 aliphatic heterocycles. The summed E-state index contributed by atoms with van der Waals surface area (Å²) in [6.07, 6.45) is 24.8. The molecule has 2 aromatic rings. The van der Waals surface area contributed by atoms with E-state index in [0.717, 1.165) is 0 Å². The molecular weight excluding hydrogens is 496 g/mol. The predicted octanol–water partition coefficient (Wildman–Crippen LogP) is 7.71. The average Bonchev–Trinajstić information content (AvgIpc) is 3.54. The van der Waals surface area contributed by atoms with E-state index >= 15 is 0 Å². The van der Waals surface area contributed by atoms with E-state index in [9.17, 15) is 0 Å². The number of rotatable bonds is 7. The van der Waals surface area contributed by atoms with Gasteiger partial charge in [0.2, 0.25) is 0 Å². The predicted molar refractivity (Wildman–Crippen MR) is 145 cm³/mol. The zero-order valence-corrected chi connectivity index (χ0v) is 24.0. The van der Waals surface area contributed by atoms with Crippen LogP contribution in [0.2, 0.25) is 6.55 Å². The van der Waals surface area contributed by atoms with Crippen LogP contribution in [0.1, 0.15) is 37.8 Å². The SMILES string of the molecule is C(C=Cc1ccccc1)=Cc1ccccc1.C1=CC[C]([Zr][C]2=CC=CC2)=C1.C[SiH2]OC(C)C. The maximum Gasteiger partial charge on any atom is 0.158 e. The van der Waals surface area contributed by atoms with Gasteiger partial charge in [-0.1, -0.05) is 91.5 Å². The summed E-state index contributed by atoms with van der Waals surface area (Å²) >= 11 is -0.312. The largest absolute Gasteiger partial charge is 0.422 e. The van der Waals surface area contributed by atoms with Crippen LogP contribution in [-0.4, -0.2) is 15.9 Å². The minimum Gasteiger partial charge on any atom is -0.422 e. The van der Waals surface area contributed by atoms with Crippen molar-refractivity contribution in [3.8, 4) is 0 Å². The molecule has 0 amide bonds. The second-order valence-corrected chi connectivity index (χ2v) is 12.5.